The van der Waals surface area contributed by atoms with Gasteiger partial charge in [0.05, 0.1) is 0 Å². The lowest BCUT2D eigenvalue weighted by Gasteiger charge is -2.36. The van der Waals surface area contributed by atoms with Crippen LogP contribution in [0.3, 0.4) is 0 Å². The lowest BCUT2D eigenvalue weighted by molar-refractivity contribution is 0.0663. The standard InChI is InChI=1S/C14H21FN2/c1-11(16)12-5-3-4-6-13(12)14(15)7-9-17(2)10-8-14/h3-6,11H,7-10,16H2,1-2H3. The molecule has 1 saturated heterocycles. The van der Waals surface area contributed by atoms with E-state index in [-0.39, 0.29) is 6.04 Å². The number of piperidine rings is 1. The highest BCUT2D eigenvalue weighted by Crippen LogP contribution is 2.39. The molecule has 0 spiro atoms. The Kier molecular flexibility index (Phi) is 3.50. The van der Waals surface area contributed by atoms with Crippen molar-refractivity contribution in [1.82, 2.24) is 4.90 Å². The third kappa shape index (κ3) is 2.50. The van der Waals surface area contributed by atoms with Crippen molar-refractivity contribution in [3.8, 4) is 0 Å². The molecule has 1 aliphatic heterocycles. The molecule has 0 aliphatic carbocycles. The van der Waals surface area contributed by atoms with Gasteiger partial charge in [0, 0.05) is 19.1 Å². The van der Waals surface area contributed by atoms with Crippen LogP contribution in [0.1, 0.15) is 36.9 Å². The predicted octanol–water partition coefficient (Wildman–Crippen LogP) is 2.60. The Bertz CT molecular complexity index is 382. The van der Waals surface area contributed by atoms with Gasteiger partial charge in [-0.1, -0.05) is 24.3 Å². The second-order valence-electron chi connectivity index (χ2n) is 5.14. The Hall–Kier alpha value is -0.930. The molecule has 0 amide bonds. The second kappa shape index (κ2) is 4.75. The summed E-state index contributed by atoms with van der Waals surface area (Å²) < 4.78 is 15.0. The molecular formula is C14H21FN2. The maximum absolute atomic E-state index is 15.0. The maximum Gasteiger partial charge on any atom is 0.138 e. The molecule has 1 aromatic rings. The fourth-order valence-electron chi connectivity index (χ4n) is 2.54. The highest BCUT2D eigenvalue weighted by molar-refractivity contribution is 5.35. The van der Waals surface area contributed by atoms with E-state index in [2.05, 4.69) is 4.90 Å². The highest BCUT2D eigenvalue weighted by atomic mass is 19.1. The summed E-state index contributed by atoms with van der Waals surface area (Å²) in [5.41, 5.74) is 6.47. The summed E-state index contributed by atoms with van der Waals surface area (Å²) in [6.45, 7) is 3.53. The Labute approximate surface area is 103 Å². The average Bonchev–Trinajstić information content (AvgIpc) is 2.33. The van der Waals surface area contributed by atoms with Crippen molar-refractivity contribution in [2.45, 2.75) is 31.5 Å². The van der Waals surface area contributed by atoms with E-state index < -0.39 is 5.67 Å². The zero-order chi connectivity index (χ0) is 12.5. The van der Waals surface area contributed by atoms with Crippen molar-refractivity contribution >= 4 is 0 Å². The molecule has 1 fully saturated rings. The number of hydrogen-bond donors (Lipinski definition) is 1. The number of nitrogens with zero attached hydrogens (tertiary/aromatic N) is 1. The Balaban J connectivity index is 2.33. The van der Waals surface area contributed by atoms with E-state index in [4.69, 9.17) is 5.73 Å². The topological polar surface area (TPSA) is 29.3 Å². The first-order valence-corrected chi connectivity index (χ1v) is 6.25. The summed E-state index contributed by atoms with van der Waals surface area (Å²) in [5.74, 6) is 0. The van der Waals surface area contributed by atoms with Gasteiger partial charge in [0.2, 0.25) is 0 Å². The van der Waals surface area contributed by atoms with Gasteiger partial charge in [-0.2, -0.15) is 0 Å². The van der Waals surface area contributed by atoms with Gasteiger partial charge in [0.1, 0.15) is 5.67 Å². The predicted molar refractivity (Wildman–Crippen MR) is 68.6 cm³/mol. The van der Waals surface area contributed by atoms with Crippen LogP contribution in [0, 0.1) is 0 Å². The van der Waals surface area contributed by atoms with E-state index in [1.165, 1.54) is 0 Å². The quantitative estimate of drug-likeness (QED) is 0.855. The van der Waals surface area contributed by atoms with Crippen LogP contribution in [0.5, 0.6) is 0 Å². The summed E-state index contributed by atoms with van der Waals surface area (Å²) in [6, 6.07) is 7.56. The lowest BCUT2D eigenvalue weighted by atomic mass is 9.82. The minimum Gasteiger partial charge on any atom is -0.324 e. The third-order valence-electron chi connectivity index (χ3n) is 3.71. The number of alkyl halides is 1. The van der Waals surface area contributed by atoms with Crippen molar-refractivity contribution in [3.63, 3.8) is 0 Å². The van der Waals surface area contributed by atoms with Gasteiger partial charge in [-0.25, -0.2) is 4.39 Å². The van der Waals surface area contributed by atoms with E-state index in [1.54, 1.807) is 0 Å². The molecule has 2 nitrogen and oxygen atoms in total. The van der Waals surface area contributed by atoms with Crippen molar-refractivity contribution in [2.75, 3.05) is 20.1 Å². The van der Waals surface area contributed by atoms with Crippen molar-refractivity contribution in [1.29, 1.82) is 0 Å². The van der Waals surface area contributed by atoms with Crippen molar-refractivity contribution in [3.05, 3.63) is 35.4 Å². The number of likely N-dealkylation sites (tertiary alicyclic amines) is 1. The molecule has 94 valence electrons. The van der Waals surface area contributed by atoms with Gasteiger partial charge < -0.3 is 10.6 Å². The average molecular weight is 236 g/mol. The molecule has 17 heavy (non-hydrogen) atoms. The number of rotatable bonds is 2. The zero-order valence-corrected chi connectivity index (χ0v) is 10.6. The maximum atomic E-state index is 15.0. The zero-order valence-electron chi connectivity index (χ0n) is 10.6. The molecule has 3 heteroatoms. The second-order valence-corrected chi connectivity index (χ2v) is 5.14. The molecule has 0 aromatic heterocycles. The summed E-state index contributed by atoms with van der Waals surface area (Å²) in [5, 5.41) is 0. The Morgan fingerprint density at radius 1 is 1.29 bits per heavy atom. The SMILES string of the molecule is CC(N)c1ccccc1C1(F)CCN(C)CC1. The van der Waals surface area contributed by atoms with Crippen molar-refractivity contribution in [2.24, 2.45) is 5.73 Å². The molecule has 1 aliphatic rings. The van der Waals surface area contributed by atoms with Crippen LogP contribution in [-0.2, 0) is 5.67 Å². The Morgan fingerprint density at radius 3 is 2.47 bits per heavy atom. The van der Waals surface area contributed by atoms with E-state index in [1.807, 2.05) is 38.2 Å². The van der Waals surface area contributed by atoms with Crippen LogP contribution >= 0.6 is 0 Å². The molecule has 1 aromatic carbocycles. The van der Waals surface area contributed by atoms with Gasteiger partial charge in [-0.3, -0.25) is 0 Å². The van der Waals surface area contributed by atoms with Crippen LogP contribution < -0.4 is 5.73 Å². The van der Waals surface area contributed by atoms with E-state index >= 15 is 4.39 Å². The van der Waals surface area contributed by atoms with E-state index in [0.717, 1.165) is 24.2 Å². The van der Waals surface area contributed by atoms with E-state index in [9.17, 15) is 0 Å². The van der Waals surface area contributed by atoms with Crippen LogP contribution in [0.15, 0.2) is 24.3 Å². The molecule has 1 unspecified atom stereocenters. The van der Waals surface area contributed by atoms with Gasteiger partial charge in [-0.05, 0) is 37.9 Å². The lowest BCUT2D eigenvalue weighted by Crippen LogP contribution is -2.38. The van der Waals surface area contributed by atoms with Crippen molar-refractivity contribution < 1.29 is 4.39 Å². The normalized spacial score (nSPS) is 22.4. The number of benzene rings is 1. The third-order valence-corrected chi connectivity index (χ3v) is 3.71. The summed E-state index contributed by atoms with van der Waals surface area (Å²) in [7, 11) is 2.04. The molecule has 2 rings (SSSR count). The smallest absolute Gasteiger partial charge is 0.138 e. The van der Waals surface area contributed by atoms with Gasteiger partial charge in [-0.15, -0.1) is 0 Å². The first kappa shape index (κ1) is 12.5. The summed E-state index contributed by atoms with van der Waals surface area (Å²) >= 11 is 0. The van der Waals surface area contributed by atoms with Crippen LogP contribution in [0.25, 0.3) is 0 Å². The molecule has 2 N–H and O–H groups in total. The van der Waals surface area contributed by atoms with Crippen LogP contribution in [0.4, 0.5) is 4.39 Å². The van der Waals surface area contributed by atoms with Gasteiger partial charge in [0.25, 0.3) is 0 Å². The van der Waals surface area contributed by atoms with E-state index in [0.29, 0.717) is 12.8 Å². The summed E-state index contributed by atoms with van der Waals surface area (Å²) in [6.07, 6.45) is 1.13. The first-order valence-electron chi connectivity index (χ1n) is 6.25. The van der Waals surface area contributed by atoms with Crippen LogP contribution in [0.2, 0.25) is 0 Å². The molecule has 0 bridgehead atoms. The minimum absolute atomic E-state index is 0.113. The monoisotopic (exact) mass is 236 g/mol. The Morgan fingerprint density at radius 2 is 1.88 bits per heavy atom. The first-order chi connectivity index (χ1) is 8.03. The number of hydrogen-bond acceptors (Lipinski definition) is 2. The fourth-order valence-corrected chi connectivity index (χ4v) is 2.54. The van der Waals surface area contributed by atoms with Crippen LogP contribution in [-0.4, -0.2) is 25.0 Å². The van der Waals surface area contributed by atoms with Gasteiger partial charge >= 0.3 is 0 Å². The number of halogens is 1. The molecule has 1 atom stereocenters. The molecular weight excluding hydrogens is 215 g/mol. The molecule has 1 heterocycles. The largest absolute Gasteiger partial charge is 0.324 e. The number of nitrogens with two attached hydrogens (primary N) is 1. The molecule has 0 saturated carbocycles. The minimum atomic E-state index is -1.20. The summed E-state index contributed by atoms with van der Waals surface area (Å²) in [4.78, 5) is 2.17. The van der Waals surface area contributed by atoms with Gasteiger partial charge in [0.15, 0.2) is 0 Å². The fraction of sp³-hybridized carbons (Fsp3) is 0.571. The molecule has 0 radical (unpaired) electrons. The highest BCUT2D eigenvalue weighted by Gasteiger charge is 2.37.